The molecule has 142 valence electrons. The number of benzene rings is 1. The van der Waals surface area contributed by atoms with E-state index in [4.69, 9.17) is 0 Å². The van der Waals surface area contributed by atoms with E-state index >= 15 is 0 Å². The maximum absolute atomic E-state index is 11.8. The van der Waals surface area contributed by atoms with Crippen molar-refractivity contribution in [2.24, 2.45) is 4.99 Å². The summed E-state index contributed by atoms with van der Waals surface area (Å²) < 4.78 is 22.8. The second kappa shape index (κ2) is 9.95. The minimum atomic E-state index is -3.19. The van der Waals surface area contributed by atoms with Gasteiger partial charge in [-0.3, -0.25) is 9.79 Å². The Morgan fingerprint density at radius 1 is 1.12 bits per heavy atom. The molecule has 1 amide bonds. The molecule has 0 aromatic heterocycles. The summed E-state index contributed by atoms with van der Waals surface area (Å²) in [6, 6.07) is 6.62. The van der Waals surface area contributed by atoms with Crippen LogP contribution in [0.3, 0.4) is 0 Å². The Hall–Kier alpha value is -1.36. The van der Waals surface area contributed by atoms with E-state index in [1.807, 2.05) is 20.8 Å². The average Bonchev–Trinajstić information content (AvgIpc) is 2.45. The van der Waals surface area contributed by atoms with Crippen LogP contribution in [0.1, 0.15) is 26.3 Å². The van der Waals surface area contributed by atoms with Gasteiger partial charge < -0.3 is 16.0 Å². The Balaban J connectivity index is 0.00000576. The molecule has 0 unspecified atom stereocenters. The highest BCUT2D eigenvalue weighted by atomic mass is 127. The molecule has 0 saturated heterocycles. The van der Waals surface area contributed by atoms with Crippen LogP contribution in [0, 0.1) is 0 Å². The number of amides is 1. The summed E-state index contributed by atoms with van der Waals surface area (Å²) in [4.78, 5) is 16.1. The monoisotopic (exact) mass is 482 g/mol. The fraction of sp³-hybridized carbons (Fsp3) is 0.500. The molecule has 0 radical (unpaired) electrons. The first-order valence-corrected chi connectivity index (χ1v) is 9.45. The van der Waals surface area contributed by atoms with Crippen molar-refractivity contribution in [3.8, 4) is 0 Å². The van der Waals surface area contributed by atoms with Gasteiger partial charge in [-0.05, 0) is 38.5 Å². The van der Waals surface area contributed by atoms with E-state index in [0.717, 1.165) is 5.56 Å². The topological polar surface area (TPSA) is 99.7 Å². The molecule has 0 saturated carbocycles. The van der Waals surface area contributed by atoms with Gasteiger partial charge in [0.15, 0.2) is 15.8 Å². The van der Waals surface area contributed by atoms with Gasteiger partial charge in [0.25, 0.3) is 0 Å². The minimum Gasteiger partial charge on any atom is -0.352 e. The standard InChI is InChI=1S/C16H26N4O3S.HI/c1-16(2,3)20-14(21)11-19-15(17-4)18-10-12-6-8-13(9-7-12)24(5,22)23;/h6-9H,10-11H2,1-5H3,(H,20,21)(H2,17,18,19);1H. The normalized spacial score (nSPS) is 12.1. The zero-order valence-corrected chi connectivity index (χ0v) is 18.4. The maximum Gasteiger partial charge on any atom is 0.239 e. The predicted octanol–water partition coefficient (Wildman–Crippen LogP) is 1.29. The number of hydrogen-bond donors (Lipinski definition) is 3. The number of rotatable bonds is 5. The van der Waals surface area contributed by atoms with Gasteiger partial charge in [-0.15, -0.1) is 24.0 Å². The van der Waals surface area contributed by atoms with E-state index < -0.39 is 9.84 Å². The first kappa shape index (κ1) is 23.6. The van der Waals surface area contributed by atoms with Crippen molar-refractivity contribution in [2.45, 2.75) is 37.8 Å². The van der Waals surface area contributed by atoms with E-state index in [0.29, 0.717) is 12.5 Å². The molecule has 0 atom stereocenters. The Bertz CT molecular complexity index is 695. The highest BCUT2D eigenvalue weighted by Gasteiger charge is 2.13. The van der Waals surface area contributed by atoms with Crippen LogP contribution >= 0.6 is 24.0 Å². The molecule has 0 fully saturated rings. The number of carbonyl (C=O) groups excluding carboxylic acids is 1. The molecule has 0 aliphatic carbocycles. The molecule has 1 aromatic rings. The summed E-state index contributed by atoms with van der Waals surface area (Å²) in [6.45, 7) is 6.32. The molecule has 0 spiro atoms. The second-order valence-corrected chi connectivity index (χ2v) is 8.51. The maximum atomic E-state index is 11.8. The van der Waals surface area contributed by atoms with Gasteiger partial charge >= 0.3 is 0 Å². The first-order chi connectivity index (χ1) is 11.0. The number of hydrogen-bond acceptors (Lipinski definition) is 4. The number of aliphatic imine (C=N–C) groups is 1. The van der Waals surface area contributed by atoms with Crippen molar-refractivity contribution in [1.29, 1.82) is 0 Å². The third-order valence-corrected chi connectivity index (χ3v) is 4.09. The molecule has 25 heavy (non-hydrogen) atoms. The Morgan fingerprint density at radius 3 is 2.12 bits per heavy atom. The number of nitrogens with one attached hydrogen (secondary N) is 3. The van der Waals surface area contributed by atoms with Gasteiger partial charge in [-0.1, -0.05) is 12.1 Å². The molecule has 9 heteroatoms. The van der Waals surface area contributed by atoms with E-state index in [1.54, 1.807) is 31.3 Å². The average molecular weight is 482 g/mol. The fourth-order valence-corrected chi connectivity index (χ4v) is 2.52. The van der Waals surface area contributed by atoms with E-state index in [2.05, 4.69) is 20.9 Å². The van der Waals surface area contributed by atoms with Crippen molar-refractivity contribution in [2.75, 3.05) is 19.8 Å². The zero-order valence-electron chi connectivity index (χ0n) is 15.2. The molecule has 0 bridgehead atoms. The number of halogens is 1. The summed E-state index contributed by atoms with van der Waals surface area (Å²) >= 11 is 0. The lowest BCUT2D eigenvalue weighted by Gasteiger charge is -2.21. The summed E-state index contributed by atoms with van der Waals surface area (Å²) in [5, 5.41) is 8.85. The van der Waals surface area contributed by atoms with Crippen molar-refractivity contribution in [3.05, 3.63) is 29.8 Å². The van der Waals surface area contributed by atoms with Gasteiger partial charge in [0, 0.05) is 25.4 Å². The van der Waals surface area contributed by atoms with Crippen LogP contribution in [0.4, 0.5) is 0 Å². The fourth-order valence-electron chi connectivity index (χ4n) is 1.89. The van der Waals surface area contributed by atoms with Gasteiger partial charge in [0.2, 0.25) is 5.91 Å². The number of sulfone groups is 1. The summed E-state index contributed by atoms with van der Waals surface area (Å²) in [6.07, 6.45) is 1.18. The molecular formula is C16H27IN4O3S. The van der Waals surface area contributed by atoms with Crippen LogP contribution in [0.5, 0.6) is 0 Å². The highest BCUT2D eigenvalue weighted by molar-refractivity contribution is 14.0. The van der Waals surface area contributed by atoms with Crippen LogP contribution < -0.4 is 16.0 Å². The molecule has 0 aliphatic rings. The van der Waals surface area contributed by atoms with Crippen molar-refractivity contribution in [3.63, 3.8) is 0 Å². The molecule has 1 rings (SSSR count). The van der Waals surface area contributed by atoms with E-state index in [1.165, 1.54) is 6.26 Å². The van der Waals surface area contributed by atoms with Crippen molar-refractivity contribution in [1.82, 2.24) is 16.0 Å². The Kier molecular flexibility index (Phi) is 9.41. The molecule has 3 N–H and O–H groups in total. The number of guanidine groups is 1. The smallest absolute Gasteiger partial charge is 0.239 e. The van der Waals surface area contributed by atoms with E-state index in [9.17, 15) is 13.2 Å². The SMILES string of the molecule is CN=C(NCC(=O)NC(C)(C)C)NCc1ccc(S(C)(=O)=O)cc1.I. The second-order valence-electron chi connectivity index (χ2n) is 6.49. The number of nitrogens with zero attached hydrogens (tertiary/aromatic N) is 1. The van der Waals surface area contributed by atoms with Gasteiger partial charge in [0.1, 0.15) is 0 Å². The summed E-state index contributed by atoms with van der Waals surface area (Å²) in [7, 11) is -1.57. The molecule has 1 aromatic carbocycles. The Morgan fingerprint density at radius 2 is 1.68 bits per heavy atom. The Labute approximate surface area is 167 Å². The highest BCUT2D eigenvalue weighted by Crippen LogP contribution is 2.10. The number of carbonyl (C=O) groups is 1. The van der Waals surface area contributed by atoms with E-state index in [-0.39, 0.29) is 46.9 Å². The zero-order chi connectivity index (χ0) is 18.4. The molecule has 0 heterocycles. The van der Waals surface area contributed by atoms with Crippen molar-refractivity contribution < 1.29 is 13.2 Å². The molecule has 0 aliphatic heterocycles. The van der Waals surface area contributed by atoms with Crippen molar-refractivity contribution >= 4 is 45.7 Å². The molecule has 7 nitrogen and oxygen atoms in total. The lowest BCUT2D eigenvalue weighted by molar-refractivity contribution is -0.121. The van der Waals surface area contributed by atoms with Crippen LogP contribution in [0.25, 0.3) is 0 Å². The van der Waals surface area contributed by atoms with Crippen LogP contribution in [-0.4, -0.2) is 45.7 Å². The third kappa shape index (κ3) is 9.63. The molecular weight excluding hydrogens is 455 g/mol. The quantitative estimate of drug-likeness (QED) is 0.334. The minimum absolute atomic E-state index is 0. The van der Waals surface area contributed by atoms with Gasteiger partial charge in [-0.25, -0.2) is 8.42 Å². The van der Waals surface area contributed by atoms with Crippen LogP contribution in [0.2, 0.25) is 0 Å². The first-order valence-electron chi connectivity index (χ1n) is 7.56. The summed E-state index contributed by atoms with van der Waals surface area (Å²) in [5.74, 6) is 0.370. The van der Waals surface area contributed by atoms with Crippen LogP contribution in [-0.2, 0) is 21.2 Å². The lowest BCUT2D eigenvalue weighted by Crippen LogP contribution is -2.48. The predicted molar refractivity (Wildman–Crippen MR) is 111 cm³/mol. The lowest BCUT2D eigenvalue weighted by atomic mass is 10.1. The summed E-state index contributed by atoms with van der Waals surface area (Å²) in [5.41, 5.74) is 0.626. The van der Waals surface area contributed by atoms with Gasteiger partial charge in [-0.2, -0.15) is 0 Å². The van der Waals surface area contributed by atoms with Crippen LogP contribution in [0.15, 0.2) is 34.2 Å². The third-order valence-electron chi connectivity index (χ3n) is 2.97. The largest absolute Gasteiger partial charge is 0.352 e. The van der Waals surface area contributed by atoms with Gasteiger partial charge in [0.05, 0.1) is 11.4 Å².